The summed E-state index contributed by atoms with van der Waals surface area (Å²) in [5, 5.41) is 4.35. The van der Waals surface area contributed by atoms with Gasteiger partial charge in [0.05, 0.1) is 22.2 Å². The van der Waals surface area contributed by atoms with Crippen molar-refractivity contribution in [3.8, 4) is 11.1 Å². The molecule has 2 aromatic heterocycles. The lowest BCUT2D eigenvalue weighted by atomic mass is 9.66. The predicted octanol–water partition coefficient (Wildman–Crippen LogP) is 13.3. The van der Waals surface area contributed by atoms with Gasteiger partial charge in [0.25, 0.3) is 0 Å². The lowest BCUT2D eigenvalue weighted by Gasteiger charge is -2.39. The standard InChI is InChI=1S/C49H31NO2/c1-3-16-32(17-4-1)49(38-24-11-7-20-34(38)35-21-8-12-25-39(35)49)48-41(30-31-45-47(48)37-23-10-14-28-43(37)52-45)50(33-18-5-2-6-19-33)40-26-15-29-44-46(40)36-22-9-13-27-42(36)51-44/h1-31H. The number of anilines is 3. The second-order valence-electron chi connectivity index (χ2n) is 13.6. The van der Waals surface area contributed by atoms with Crippen LogP contribution in [0.4, 0.5) is 17.1 Å². The maximum absolute atomic E-state index is 6.74. The van der Waals surface area contributed by atoms with Crippen LogP contribution in [0.15, 0.2) is 197 Å². The van der Waals surface area contributed by atoms with Gasteiger partial charge in [0.2, 0.25) is 0 Å². The first kappa shape index (κ1) is 28.9. The molecular formula is C49H31NO2. The molecule has 0 radical (unpaired) electrons. The molecular weight excluding hydrogens is 635 g/mol. The van der Waals surface area contributed by atoms with E-state index >= 15 is 0 Å². The fraction of sp³-hybridized carbons (Fsp3) is 0.0204. The Balaban J connectivity index is 1.38. The van der Waals surface area contributed by atoms with Gasteiger partial charge in [-0.05, 0) is 76.3 Å². The Bertz CT molecular complexity index is 2930. The zero-order valence-electron chi connectivity index (χ0n) is 28.2. The van der Waals surface area contributed by atoms with Crippen LogP contribution < -0.4 is 4.90 Å². The fourth-order valence-corrected chi connectivity index (χ4v) is 8.95. The molecule has 0 unspecified atom stereocenters. The van der Waals surface area contributed by atoms with Crippen molar-refractivity contribution in [3.63, 3.8) is 0 Å². The highest BCUT2D eigenvalue weighted by Crippen LogP contribution is 2.61. The first-order valence-corrected chi connectivity index (χ1v) is 17.8. The maximum Gasteiger partial charge on any atom is 0.137 e. The second-order valence-corrected chi connectivity index (χ2v) is 13.6. The monoisotopic (exact) mass is 665 g/mol. The number of benzene rings is 8. The number of fused-ring (bicyclic) bond motifs is 9. The van der Waals surface area contributed by atoms with Crippen molar-refractivity contribution < 1.29 is 8.83 Å². The molecule has 1 aliphatic carbocycles. The maximum atomic E-state index is 6.74. The van der Waals surface area contributed by atoms with Gasteiger partial charge in [-0.2, -0.15) is 0 Å². The van der Waals surface area contributed by atoms with Crippen LogP contribution in [0.25, 0.3) is 55.0 Å². The summed E-state index contributed by atoms with van der Waals surface area (Å²) in [6, 6.07) is 67.3. The van der Waals surface area contributed by atoms with Gasteiger partial charge >= 0.3 is 0 Å². The van der Waals surface area contributed by atoms with Crippen LogP contribution in [0.3, 0.4) is 0 Å². The van der Waals surface area contributed by atoms with E-state index in [2.05, 4.69) is 187 Å². The molecule has 0 N–H and O–H groups in total. The van der Waals surface area contributed by atoms with E-state index in [4.69, 9.17) is 8.83 Å². The molecule has 52 heavy (non-hydrogen) atoms. The van der Waals surface area contributed by atoms with E-state index in [0.29, 0.717) is 0 Å². The molecule has 2 heterocycles. The van der Waals surface area contributed by atoms with Gasteiger partial charge < -0.3 is 13.7 Å². The van der Waals surface area contributed by atoms with E-state index in [-0.39, 0.29) is 0 Å². The summed E-state index contributed by atoms with van der Waals surface area (Å²) in [5.41, 5.74) is 13.3. The predicted molar refractivity (Wildman–Crippen MR) is 213 cm³/mol. The van der Waals surface area contributed by atoms with Crippen molar-refractivity contribution in [2.75, 3.05) is 4.90 Å². The summed E-state index contributed by atoms with van der Waals surface area (Å²) in [5.74, 6) is 0. The first-order valence-electron chi connectivity index (χ1n) is 17.8. The van der Waals surface area contributed by atoms with Crippen LogP contribution in [0.1, 0.15) is 22.3 Å². The summed E-state index contributed by atoms with van der Waals surface area (Å²) in [4.78, 5) is 2.44. The smallest absolute Gasteiger partial charge is 0.137 e. The number of hydrogen-bond acceptors (Lipinski definition) is 3. The molecule has 0 fully saturated rings. The van der Waals surface area contributed by atoms with Crippen molar-refractivity contribution in [1.29, 1.82) is 0 Å². The zero-order chi connectivity index (χ0) is 34.2. The highest BCUT2D eigenvalue weighted by atomic mass is 16.3. The van der Waals surface area contributed by atoms with E-state index in [9.17, 15) is 0 Å². The van der Waals surface area contributed by atoms with Crippen molar-refractivity contribution in [2.24, 2.45) is 0 Å². The van der Waals surface area contributed by atoms with Gasteiger partial charge in [-0.3, -0.25) is 0 Å². The average molecular weight is 666 g/mol. The molecule has 0 aliphatic heterocycles. The molecule has 3 nitrogen and oxygen atoms in total. The van der Waals surface area contributed by atoms with E-state index in [1.165, 1.54) is 33.4 Å². The van der Waals surface area contributed by atoms with Crippen LogP contribution in [0.2, 0.25) is 0 Å². The number of furan rings is 2. The third kappa shape index (κ3) is 3.91. The van der Waals surface area contributed by atoms with Crippen molar-refractivity contribution in [2.45, 2.75) is 5.41 Å². The van der Waals surface area contributed by atoms with Gasteiger partial charge in [-0.25, -0.2) is 0 Å². The quantitative estimate of drug-likeness (QED) is 0.183. The highest BCUT2D eigenvalue weighted by Gasteiger charge is 2.49. The van der Waals surface area contributed by atoms with Gasteiger partial charge in [0.1, 0.15) is 22.3 Å². The molecule has 1 aliphatic rings. The lowest BCUT2D eigenvalue weighted by Crippen LogP contribution is -2.31. The van der Waals surface area contributed by atoms with Crippen molar-refractivity contribution >= 4 is 60.9 Å². The third-order valence-electron chi connectivity index (χ3n) is 10.9. The normalized spacial score (nSPS) is 13.2. The minimum atomic E-state index is -0.699. The SMILES string of the molecule is c1ccc(N(c2ccc3oc4ccccc4c3c2C2(c3ccccc3)c3ccccc3-c3ccccc32)c2cccc3oc4ccccc4c23)cc1. The molecule has 0 spiro atoms. The minimum Gasteiger partial charge on any atom is -0.456 e. The van der Waals surface area contributed by atoms with Crippen LogP contribution in [0, 0.1) is 0 Å². The zero-order valence-corrected chi connectivity index (χ0v) is 28.2. The average Bonchev–Trinajstić information content (AvgIpc) is 3.88. The largest absolute Gasteiger partial charge is 0.456 e. The Kier molecular flexibility index (Phi) is 6.17. The molecule has 11 rings (SSSR count). The Labute approximate surface area is 300 Å². The summed E-state index contributed by atoms with van der Waals surface area (Å²) < 4.78 is 13.2. The molecule has 0 saturated carbocycles. The molecule has 10 aromatic rings. The third-order valence-corrected chi connectivity index (χ3v) is 10.9. The summed E-state index contributed by atoms with van der Waals surface area (Å²) in [7, 11) is 0. The second kappa shape index (κ2) is 11.1. The van der Waals surface area contributed by atoms with Gasteiger partial charge in [-0.1, -0.05) is 140 Å². The van der Waals surface area contributed by atoms with Gasteiger partial charge in [0, 0.05) is 27.4 Å². The number of para-hydroxylation sites is 3. The van der Waals surface area contributed by atoms with E-state index in [1.807, 2.05) is 6.07 Å². The Hall–Kier alpha value is -6.84. The van der Waals surface area contributed by atoms with Crippen molar-refractivity contribution in [3.05, 3.63) is 210 Å². The summed E-state index contributed by atoms with van der Waals surface area (Å²) in [6.45, 7) is 0. The summed E-state index contributed by atoms with van der Waals surface area (Å²) in [6.07, 6.45) is 0. The molecule has 3 heteroatoms. The molecule has 8 aromatic carbocycles. The van der Waals surface area contributed by atoms with Gasteiger partial charge in [0.15, 0.2) is 0 Å². The topological polar surface area (TPSA) is 29.5 Å². The minimum absolute atomic E-state index is 0.699. The van der Waals surface area contributed by atoms with E-state index in [1.54, 1.807) is 0 Å². The molecule has 0 amide bonds. The molecule has 0 bridgehead atoms. The Morgan fingerprint density at radius 3 is 1.56 bits per heavy atom. The van der Waals surface area contributed by atoms with Crippen LogP contribution in [0.5, 0.6) is 0 Å². The van der Waals surface area contributed by atoms with E-state index in [0.717, 1.165) is 60.9 Å². The molecule has 244 valence electrons. The molecule has 0 atom stereocenters. The van der Waals surface area contributed by atoms with E-state index < -0.39 is 5.41 Å². The van der Waals surface area contributed by atoms with Crippen LogP contribution >= 0.6 is 0 Å². The Morgan fingerprint density at radius 1 is 0.365 bits per heavy atom. The van der Waals surface area contributed by atoms with Crippen LogP contribution in [-0.4, -0.2) is 0 Å². The van der Waals surface area contributed by atoms with Crippen LogP contribution in [-0.2, 0) is 5.41 Å². The fourth-order valence-electron chi connectivity index (χ4n) is 8.95. The Morgan fingerprint density at radius 2 is 0.885 bits per heavy atom. The van der Waals surface area contributed by atoms with Crippen molar-refractivity contribution in [1.82, 2.24) is 0 Å². The first-order chi connectivity index (χ1) is 25.8. The lowest BCUT2D eigenvalue weighted by molar-refractivity contribution is 0.667. The molecule has 0 saturated heterocycles. The number of rotatable bonds is 5. The summed E-state index contributed by atoms with van der Waals surface area (Å²) >= 11 is 0. The number of hydrogen-bond donors (Lipinski definition) is 0. The van der Waals surface area contributed by atoms with Gasteiger partial charge in [-0.15, -0.1) is 0 Å². The highest BCUT2D eigenvalue weighted by molar-refractivity contribution is 6.16. The number of nitrogens with zero attached hydrogens (tertiary/aromatic N) is 1.